The lowest BCUT2D eigenvalue weighted by molar-refractivity contribution is -0.144. The zero-order valence-electron chi connectivity index (χ0n) is 20.9. The Hall–Kier alpha value is -3.55. The Bertz CT molecular complexity index is 1260. The van der Waals surface area contributed by atoms with Gasteiger partial charge in [0.05, 0.1) is 18.2 Å². The molecular weight excluding hydrogens is 483 g/mol. The molecule has 1 N–H and O–H groups in total. The molecule has 1 aliphatic carbocycles. The van der Waals surface area contributed by atoms with Crippen LogP contribution < -0.4 is 10.1 Å². The molecule has 5 nitrogen and oxygen atoms in total. The number of halogens is 3. The highest BCUT2D eigenvalue weighted by Gasteiger charge is 2.33. The third-order valence-corrected chi connectivity index (χ3v) is 6.90. The lowest BCUT2D eigenvalue weighted by Gasteiger charge is -2.29. The van der Waals surface area contributed by atoms with Gasteiger partial charge in [-0.15, -0.1) is 0 Å². The number of rotatable bonds is 7. The van der Waals surface area contributed by atoms with Crippen molar-refractivity contribution < 1.29 is 32.2 Å². The average molecular weight is 514 g/mol. The molecule has 4 rings (SSSR count). The van der Waals surface area contributed by atoms with E-state index < -0.39 is 29.7 Å². The number of benzene rings is 3. The van der Waals surface area contributed by atoms with Crippen LogP contribution in [0.3, 0.4) is 0 Å². The number of carbonyl (C=O) groups excluding carboxylic acids is 2. The van der Waals surface area contributed by atoms with Gasteiger partial charge in [-0.3, -0.25) is 4.79 Å². The van der Waals surface area contributed by atoms with Gasteiger partial charge in [0.1, 0.15) is 18.4 Å². The zero-order chi connectivity index (χ0) is 26.6. The van der Waals surface area contributed by atoms with Gasteiger partial charge in [0.25, 0.3) is 5.91 Å². The highest BCUT2D eigenvalue weighted by Crippen LogP contribution is 2.34. The molecule has 3 aromatic rings. The Balaban J connectivity index is 1.64. The summed E-state index contributed by atoms with van der Waals surface area (Å²) in [6, 6.07) is 13.2. The van der Waals surface area contributed by atoms with Gasteiger partial charge in [-0.05, 0) is 60.9 Å². The van der Waals surface area contributed by atoms with E-state index in [1.807, 2.05) is 31.2 Å². The number of methoxy groups -OCH3 is 1. The minimum absolute atomic E-state index is 0.00985. The monoisotopic (exact) mass is 513 g/mol. The van der Waals surface area contributed by atoms with Crippen LogP contribution in [-0.2, 0) is 22.3 Å². The Labute approximate surface area is 214 Å². The van der Waals surface area contributed by atoms with Crippen molar-refractivity contribution in [3.05, 3.63) is 76.9 Å². The van der Waals surface area contributed by atoms with E-state index in [0.29, 0.717) is 16.7 Å². The van der Waals surface area contributed by atoms with Crippen molar-refractivity contribution in [2.45, 2.75) is 57.9 Å². The predicted molar refractivity (Wildman–Crippen MR) is 134 cm³/mol. The molecule has 0 heterocycles. The van der Waals surface area contributed by atoms with Crippen molar-refractivity contribution in [2.24, 2.45) is 5.92 Å². The lowest BCUT2D eigenvalue weighted by atomic mass is 9.83. The minimum Gasteiger partial charge on any atom is -0.487 e. The van der Waals surface area contributed by atoms with Gasteiger partial charge in [0.2, 0.25) is 0 Å². The number of esters is 1. The molecule has 0 aromatic heterocycles. The van der Waals surface area contributed by atoms with Gasteiger partial charge < -0.3 is 14.8 Å². The molecule has 1 fully saturated rings. The Morgan fingerprint density at radius 1 is 1.00 bits per heavy atom. The van der Waals surface area contributed by atoms with Crippen LogP contribution in [0.2, 0.25) is 0 Å². The first-order chi connectivity index (χ1) is 17.7. The third-order valence-electron chi connectivity index (χ3n) is 6.90. The second-order valence-corrected chi connectivity index (χ2v) is 9.52. The van der Waals surface area contributed by atoms with Crippen LogP contribution in [0.15, 0.2) is 54.6 Å². The number of aryl methyl sites for hydroxylation is 1. The van der Waals surface area contributed by atoms with Crippen molar-refractivity contribution >= 4 is 22.6 Å². The lowest BCUT2D eigenvalue weighted by Crippen LogP contribution is -2.47. The summed E-state index contributed by atoms with van der Waals surface area (Å²) in [6.45, 7) is 1.89. The minimum atomic E-state index is -4.42. The third kappa shape index (κ3) is 6.24. The van der Waals surface area contributed by atoms with E-state index in [4.69, 9.17) is 9.47 Å². The first kappa shape index (κ1) is 26.5. The van der Waals surface area contributed by atoms with Crippen molar-refractivity contribution in [1.82, 2.24) is 5.32 Å². The molecule has 0 saturated heterocycles. The van der Waals surface area contributed by atoms with Crippen LogP contribution in [0, 0.1) is 12.8 Å². The van der Waals surface area contributed by atoms with Gasteiger partial charge in [0, 0.05) is 5.39 Å². The maximum absolute atomic E-state index is 13.5. The second kappa shape index (κ2) is 11.2. The number of alkyl halides is 3. The fourth-order valence-electron chi connectivity index (χ4n) is 4.87. The van der Waals surface area contributed by atoms with E-state index in [1.165, 1.54) is 19.2 Å². The van der Waals surface area contributed by atoms with E-state index >= 15 is 0 Å². The van der Waals surface area contributed by atoms with Crippen LogP contribution in [-0.4, -0.2) is 25.0 Å². The number of amides is 1. The number of ether oxygens (including phenoxy) is 2. The van der Waals surface area contributed by atoms with Gasteiger partial charge in [-0.25, -0.2) is 4.79 Å². The summed E-state index contributed by atoms with van der Waals surface area (Å²) < 4.78 is 49.9. The maximum Gasteiger partial charge on any atom is 0.416 e. The summed E-state index contributed by atoms with van der Waals surface area (Å²) in [5.41, 5.74) is 0.987. The zero-order valence-corrected chi connectivity index (χ0v) is 20.9. The molecule has 1 aliphatic rings. The molecule has 1 atom stereocenters. The molecule has 0 unspecified atom stereocenters. The molecule has 0 bridgehead atoms. The van der Waals surface area contributed by atoms with Crippen LogP contribution in [0.1, 0.15) is 59.2 Å². The fraction of sp³-hybridized carbons (Fsp3) is 0.379. The topological polar surface area (TPSA) is 64.6 Å². The molecule has 8 heteroatoms. The largest absolute Gasteiger partial charge is 0.487 e. The normalized spacial score (nSPS) is 15.3. The Kier molecular flexibility index (Phi) is 8.05. The van der Waals surface area contributed by atoms with Gasteiger partial charge in [-0.2, -0.15) is 13.2 Å². The number of hydrogen-bond acceptors (Lipinski definition) is 4. The standard InChI is InChI=1S/C29H30F3NO4/c1-18-8-11-20-12-15-23(27(34)33-25(28(35)36-2)21-6-4-3-5-7-21)26(24(20)16-18)37-17-19-9-13-22(14-10-19)29(30,31)32/h8-16,21,25H,3-7,17H2,1-2H3,(H,33,34)/t25-/m0/s1. The molecule has 3 aromatic carbocycles. The van der Waals surface area contributed by atoms with Crippen LogP contribution in [0.4, 0.5) is 13.2 Å². The van der Waals surface area contributed by atoms with Gasteiger partial charge in [0.15, 0.2) is 0 Å². The van der Waals surface area contributed by atoms with Gasteiger partial charge in [-0.1, -0.05) is 55.2 Å². The summed E-state index contributed by atoms with van der Waals surface area (Å²) in [4.78, 5) is 26.1. The summed E-state index contributed by atoms with van der Waals surface area (Å²) in [7, 11) is 1.31. The molecule has 196 valence electrons. The van der Waals surface area contributed by atoms with Crippen molar-refractivity contribution in [3.63, 3.8) is 0 Å². The van der Waals surface area contributed by atoms with E-state index in [1.54, 1.807) is 6.07 Å². The number of fused-ring (bicyclic) bond motifs is 1. The summed E-state index contributed by atoms with van der Waals surface area (Å²) in [5.74, 6) is -0.647. The molecule has 0 radical (unpaired) electrons. The fourth-order valence-corrected chi connectivity index (χ4v) is 4.87. The Morgan fingerprint density at radius 2 is 1.68 bits per heavy atom. The van der Waals surface area contributed by atoms with E-state index in [-0.39, 0.29) is 18.1 Å². The van der Waals surface area contributed by atoms with E-state index in [2.05, 4.69) is 5.32 Å². The first-order valence-electron chi connectivity index (χ1n) is 12.4. The molecule has 0 spiro atoms. The molecule has 1 saturated carbocycles. The van der Waals surface area contributed by atoms with Crippen LogP contribution in [0.5, 0.6) is 5.75 Å². The van der Waals surface area contributed by atoms with Crippen molar-refractivity contribution in [1.29, 1.82) is 0 Å². The van der Waals surface area contributed by atoms with E-state index in [0.717, 1.165) is 55.2 Å². The highest BCUT2D eigenvalue weighted by molar-refractivity contribution is 6.05. The molecule has 1 amide bonds. The highest BCUT2D eigenvalue weighted by atomic mass is 19.4. The molecule has 37 heavy (non-hydrogen) atoms. The van der Waals surface area contributed by atoms with Crippen LogP contribution >= 0.6 is 0 Å². The summed E-state index contributed by atoms with van der Waals surface area (Å²) >= 11 is 0. The SMILES string of the molecule is COC(=O)[C@@H](NC(=O)c1ccc2ccc(C)cc2c1OCc1ccc(C(F)(F)F)cc1)C1CCCCC1. The van der Waals surface area contributed by atoms with Crippen molar-refractivity contribution in [3.8, 4) is 5.75 Å². The van der Waals surface area contributed by atoms with Crippen molar-refractivity contribution in [2.75, 3.05) is 7.11 Å². The van der Waals surface area contributed by atoms with Crippen LogP contribution in [0.25, 0.3) is 10.8 Å². The van der Waals surface area contributed by atoms with Gasteiger partial charge >= 0.3 is 12.1 Å². The number of carbonyl (C=O) groups is 2. The number of nitrogens with one attached hydrogen (secondary N) is 1. The number of hydrogen-bond donors (Lipinski definition) is 1. The molecule has 0 aliphatic heterocycles. The molecular formula is C29H30F3NO4. The maximum atomic E-state index is 13.5. The predicted octanol–water partition coefficient (Wildman–Crippen LogP) is 6.60. The summed E-state index contributed by atoms with van der Waals surface area (Å²) in [5, 5.41) is 4.43. The summed E-state index contributed by atoms with van der Waals surface area (Å²) in [6.07, 6.45) is 0.314. The quantitative estimate of drug-likeness (QED) is 0.362. The first-order valence-corrected chi connectivity index (χ1v) is 12.4. The smallest absolute Gasteiger partial charge is 0.416 e. The second-order valence-electron chi connectivity index (χ2n) is 9.52. The Morgan fingerprint density at radius 3 is 2.32 bits per heavy atom. The van der Waals surface area contributed by atoms with E-state index in [9.17, 15) is 22.8 Å². The average Bonchev–Trinajstić information content (AvgIpc) is 2.90.